The van der Waals surface area contributed by atoms with Crippen LogP contribution in [0.25, 0.3) is 0 Å². The lowest BCUT2D eigenvalue weighted by Crippen LogP contribution is -2.32. The van der Waals surface area contributed by atoms with Crippen LogP contribution in [0.3, 0.4) is 0 Å². The average molecular weight is 277 g/mol. The summed E-state index contributed by atoms with van der Waals surface area (Å²) >= 11 is 3.16. The van der Waals surface area contributed by atoms with Gasteiger partial charge < -0.3 is 5.32 Å². The molecule has 0 saturated carbocycles. The van der Waals surface area contributed by atoms with Crippen LogP contribution >= 0.6 is 15.9 Å². The van der Waals surface area contributed by atoms with Crippen molar-refractivity contribution >= 4 is 25.8 Å². The van der Waals surface area contributed by atoms with Crippen molar-refractivity contribution < 1.29 is 8.42 Å². The average Bonchev–Trinajstić information content (AvgIpc) is 2.18. The second kappa shape index (κ2) is 4.15. The topological polar surface area (TPSA) is 70.0 Å². The largest absolute Gasteiger partial charge is 0.371 e. The molecule has 4 nitrogen and oxygen atoms in total. The van der Waals surface area contributed by atoms with Gasteiger partial charge in [0.2, 0.25) is 0 Å². The van der Waals surface area contributed by atoms with Gasteiger partial charge in [-0.3, -0.25) is 0 Å². The maximum absolute atomic E-state index is 11.6. The van der Waals surface area contributed by atoms with Gasteiger partial charge in [0, 0.05) is 10.7 Å². The van der Waals surface area contributed by atoms with Gasteiger partial charge in [0.15, 0.2) is 15.9 Å². The molecule has 0 radical (unpaired) electrons. The Hall–Kier alpha value is -0.800. The van der Waals surface area contributed by atoms with E-state index < -0.39 is 15.9 Å². The number of hydrogen-bond acceptors (Lipinski definition) is 4. The van der Waals surface area contributed by atoms with E-state index in [1.807, 2.05) is 6.07 Å². The number of nitrogens with one attached hydrogen (secondary N) is 1. The fourth-order valence-electron chi connectivity index (χ4n) is 1.04. The Morgan fingerprint density at radius 2 is 2.36 bits per heavy atom. The molecule has 1 unspecified atom stereocenters. The molecule has 0 aromatic rings. The molecular weight excluding hydrogens is 268 g/mol. The van der Waals surface area contributed by atoms with Crippen LogP contribution in [0.5, 0.6) is 0 Å². The van der Waals surface area contributed by atoms with E-state index in [9.17, 15) is 8.42 Å². The monoisotopic (exact) mass is 276 g/mol. The molecule has 0 fully saturated rings. The van der Waals surface area contributed by atoms with Crippen molar-refractivity contribution in [1.29, 1.82) is 5.26 Å². The van der Waals surface area contributed by atoms with Gasteiger partial charge in [0.25, 0.3) is 0 Å². The van der Waals surface area contributed by atoms with E-state index in [-0.39, 0.29) is 10.7 Å². The fourth-order valence-corrected chi connectivity index (χ4v) is 2.69. The molecule has 1 aliphatic heterocycles. The first-order chi connectivity index (χ1) is 6.51. The zero-order chi connectivity index (χ0) is 10.8. The molecule has 0 amide bonds. The Balaban J connectivity index is 3.18. The van der Waals surface area contributed by atoms with Crippen LogP contribution in [-0.2, 0) is 9.84 Å². The Kier molecular flexibility index (Phi) is 3.34. The number of hydrogen-bond donors (Lipinski definition) is 1. The highest BCUT2D eigenvalue weighted by molar-refractivity contribution is 9.11. The van der Waals surface area contributed by atoms with Crippen LogP contribution < -0.4 is 5.32 Å². The minimum absolute atomic E-state index is 0.00102. The lowest BCUT2D eigenvalue weighted by Gasteiger charge is -2.17. The van der Waals surface area contributed by atoms with E-state index >= 15 is 0 Å². The van der Waals surface area contributed by atoms with Gasteiger partial charge in [0.05, 0.1) is 16.7 Å². The summed E-state index contributed by atoms with van der Waals surface area (Å²) in [6.45, 7) is 1.55. The minimum Gasteiger partial charge on any atom is -0.371 e. The normalized spacial score (nSPS) is 21.6. The van der Waals surface area contributed by atoms with E-state index in [0.29, 0.717) is 4.48 Å². The molecule has 1 rings (SSSR count). The van der Waals surface area contributed by atoms with Crippen LogP contribution in [0.4, 0.5) is 0 Å². The van der Waals surface area contributed by atoms with Crippen molar-refractivity contribution in [3.8, 4) is 6.07 Å². The number of rotatable bonds is 2. The Morgan fingerprint density at radius 3 is 2.86 bits per heavy atom. The molecule has 1 N–H and O–H groups in total. The quantitative estimate of drug-likeness (QED) is 0.818. The second-order valence-electron chi connectivity index (χ2n) is 2.71. The first-order valence-electron chi connectivity index (χ1n) is 3.97. The van der Waals surface area contributed by atoms with Crippen molar-refractivity contribution in [3.05, 3.63) is 21.7 Å². The third-order valence-corrected chi connectivity index (χ3v) is 4.11. The van der Waals surface area contributed by atoms with Crippen molar-refractivity contribution in [2.24, 2.45) is 0 Å². The summed E-state index contributed by atoms with van der Waals surface area (Å²) < 4.78 is 23.7. The van der Waals surface area contributed by atoms with Gasteiger partial charge in [-0.2, -0.15) is 5.26 Å². The maximum Gasteiger partial charge on any atom is 0.177 e. The van der Waals surface area contributed by atoms with Crippen LogP contribution in [0.15, 0.2) is 21.7 Å². The molecule has 76 valence electrons. The molecule has 0 aromatic heterocycles. The lowest BCUT2D eigenvalue weighted by molar-refractivity contribution is 0.598. The first-order valence-corrected chi connectivity index (χ1v) is 6.41. The standard InChI is InChI=1S/C8H9BrN2O2S/c1-2-14(12,13)8-3-6(9)5-11-7(8)4-10/h3,5,7,11H,2H2,1H3. The molecule has 6 heteroatoms. The number of nitriles is 1. The molecule has 1 aliphatic rings. The van der Waals surface area contributed by atoms with Crippen molar-refractivity contribution in [1.82, 2.24) is 5.32 Å². The van der Waals surface area contributed by atoms with E-state index in [2.05, 4.69) is 21.2 Å². The summed E-state index contributed by atoms with van der Waals surface area (Å²) in [5.74, 6) is -0.00102. The SMILES string of the molecule is CCS(=O)(=O)C1=CC(Br)=CNC1C#N. The van der Waals surface area contributed by atoms with Gasteiger partial charge in [-0.1, -0.05) is 6.92 Å². The molecule has 14 heavy (non-hydrogen) atoms. The van der Waals surface area contributed by atoms with E-state index in [0.717, 1.165) is 0 Å². The lowest BCUT2D eigenvalue weighted by atomic mass is 10.2. The maximum atomic E-state index is 11.6. The summed E-state index contributed by atoms with van der Waals surface area (Å²) in [5, 5.41) is 11.4. The zero-order valence-corrected chi connectivity index (χ0v) is 9.89. The number of halogens is 1. The summed E-state index contributed by atoms with van der Waals surface area (Å²) in [6.07, 6.45) is 3.02. The molecule has 0 aromatic carbocycles. The Morgan fingerprint density at radius 1 is 1.71 bits per heavy atom. The van der Waals surface area contributed by atoms with Gasteiger partial charge >= 0.3 is 0 Å². The number of nitrogens with zero attached hydrogens (tertiary/aromatic N) is 1. The highest BCUT2D eigenvalue weighted by atomic mass is 79.9. The van der Waals surface area contributed by atoms with Gasteiger partial charge in [-0.25, -0.2) is 8.42 Å². The van der Waals surface area contributed by atoms with E-state index in [1.165, 1.54) is 6.08 Å². The predicted octanol–water partition coefficient (Wildman–Crippen LogP) is 1.04. The van der Waals surface area contributed by atoms with Gasteiger partial charge in [-0.05, 0) is 22.0 Å². The number of allylic oxidation sites excluding steroid dienone is 2. The molecule has 0 aliphatic carbocycles. The summed E-state index contributed by atoms with van der Waals surface area (Å²) in [7, 11) is -3.31. The fraction of sp³-hybridized carbons (Fsp3) is 0.375. The zero-order valence-electron chi connectivity index (χ0n) is 7.49. The number of sulfone groups is 1. The summed E-state index contributed by atoms with van der Waals surface area (Å²) in [5.41, 5.74) is 0. The Labute approximate surface area is 91.3 Å². The van der Waals surface area contributed by atoms with Gasteiger partial charge in [-0.15, -0.1) is 0 Å². The molecular formula is C8H9BrN2O2S. The Bertz CT molecular complexity index is 431. The predicted molar refractivity (Wildman–Crippen MR) is 57.1 cm³/mol. The smallest absolute Gasteiger partial charge is 0.177 e. The second-order valence-corrected chi connectivity index (χ2v) is 5.90. The minimum atomic E-state index is -3.31. The third kappa shape index (κ3) is 2.16. The van der Waals surface area contributed by atoms with Gasteiger partial charge in [0.1, 0.15) is 0 Å². The molecule has 0 spiro atoms. The highest BCUT2D eigenvalue weighted by Gasteiger charge is 2.26. The third-order valence-electron chi connectivity index (χ3n) is 1.82. The molecule has 1 heterocycles. The van der Waals surface area contributed by atoms with Crippen LogP contribution in [0.1, 0.15) is 6.92 Å². The number of dihydropyridines is 1. The van der Waals surface area contributed by atoms with Crippen molar-refractivity contribution in [2.45, 2.75) is 13.0 Å². The van der Waals surface area contributed by atoms with Crippen molar-refractivity contribution in [3.63, 3.8) is 0 Å². The molecule has 0 saturated heterocycles. The van der Waals surface area contributed by atoms with Crippen LogP contribution in [0, 0.1) is 11.3 Å². The van der Waals surface area contributed by atoms with Crippen LogP contribution in [0.2, 0.25) is 0 Å². The molecule has 0 bridgehead atoms. The summed E-state index contributed by atoms with van der Waals surface area (Å²) in [6, 6.07) is 1.11. The summed E-state index contributed by atoms with van der Waals surface area (Å²) in [4.78, 5) is 0.122. The van der Waals surface area contributed by atoms with Crippen molar-refractivity contribution in [2.75, 3.05) is 5.75 Å². The highest BCUT2D eigenvalue weighted by Crippen LogP contribution is 2.21. The van der Waals surface area contributed by atoms with E-state index in [4.69, 9.17) is 5.26 Å². The van der Waals surface area contributed by atoms with E-state index in [1.54, 1.807) is 13.1 Å². The first kappa shape index (κ1) is 11.3. The molecule has 1 atom stereocenters. The van der Waals surface area contributed by atoms with Crippen LogP contribution in [-0.4, -0.2) is 20.2 Å².